The summed E-state index contributed by atoms with van der Waals surface area (Å²) in [6.07, 6.45) is -2.61. The van der Waals surface area contributed by atoms with E-state index in [1.165, 1.54) is 0 Å². The fourth-order valence-corrected chi connectivity index (χ4v) is 5.98. The average Bonchev–Trinajstić information content (AvgIpc) is 2.16. The zero-order chi connectivity index (χ0) is 10.1. The van der Waals surface area contributed by atoms with Gasteiger partial charge in [0.05, 0.1) is 0 Å². The monoisotopic (exact) mass is 232 g/mol. The quantitative estimate of drug-likeness (QED) is 0.335. The Kier molecular flexibility index (Phi) is 8.84. The van der Waals surface area contributed by atoms with E-state index >= 15 is 0 Å². The van der Waals surface area contributed by atoms with E-state index in [9.17, 15) is 17.6 Å². The maximum atomic E-state index is 12.3. The first kappa shape index (κ1) is 13.2. The highest BCUT2D eigenvalue weighted by Crippen LogP contribution is 2.03. The van der Waals surface area contributed by atoms with Crippen molar-refractivity contribution in [2.75, 3.05) is 13.3 Å². The minimum absolute atomic E-state index is 0.357. The summed E-state index contributed by atoms with van der Waals surface area (Å²) in [5, 5.41) is 0. The van der Waals surface area contributed by atoms with Crippen molar-refractivity contribution < 1.29 is 17.6 Å². The molecule has 0 aromatic heterocycles. The van der Waals surface area contributed by atoms with Gasteiger partial charge in [0.15, 0.2) is 0 Å². The molecule has 0 radical (unpaired) electrons. The molecule has 0 spiro atoms. The molecule has 2 unspecified atom stereocenters. The second-order valence-corrected chi connectivity index (χ2v) is 8.54. The number of halogens is 4. The fourth-order valence-electron chi connectivity index (χ4n) is 1.06. The van der Waals surface area contributed by atoms with Crippen molar-refractivity contribution >= 4 is 19.0 Å². The van der Waals surface area contributed by atoms with Crippen molar-refractivity contribution in [1.29, 1.82) is 0 Å². The van der Waals surface area contributed by atoms with Crippen LogP contribution in [0.4, 0.5) is 17.6 Å². The van der Waals surface area contributed by atoms with Crippen LogP contribution in [-0.2, 0) is 0 Å². The van der Waals surface area contributed by atoms with Gasteiger partial charge in [0.25, 0.3) is 0 Å². The molecule has 80 valence electrons. The van der Waals surface area contributed by atoms with Crippen molar-refractivity contribution in [3.05, 3.63) is 0 Å². The van der Waals surface area contributed by atoms with Crippen molar-refractivity contribution in [2.45, 2.75) is 30.1 Å². The first-order valence-electron chi connectivity index (χ1n) is 4.60. The molecule has 0 aromatic carbocycles. The summed E-state index contributed by atoms with van der Waals surface area (Å²) in [7, 11) is -1.08. The van der Waals surface area contributed by atoms with E-state index in [-0.39, 0.29) is 0 Å². The van der Waals surface area contributed by atoms with Crippen molar-refractivity contribution in [2.24, 2.45) is 0 Å². The Labute approximate surface area is 80.7 Å². The van der Waals surface area contributed by atoms with E-state index in [1.807, 2.05) is 0 Å². The lowest BCUT2D eigenvalue weighted by molar-refractivity contribution is 0.280. The second-order valence-electron chi connectivity index (χ2n) is 3.14. The van der Waals surface area contributed by atoms with Crippen LogP contribution in [0.25, 0.3) is 0 Å². The highest BCUT2D eigenvalue weighted by molar-refractivity contribution is 6.56. The SMILES string of the molecule is FCC(F)C[SiH2]C[SiH2]CC(F)CF. The van der Waals surface area contributed by atoms with Gasteiger partial charge in [-0.25, -0.2) is 17.6 Å². The van der Waals surface area contributed by atoms with E-state index in [4.69, 9.17) is 0 Å². The molecule has 0 bridgehead atoms. The van der Waals surface area contributed by atoms with Gasteiger partial charge in [-0.3, -0.25) is 0 Å². The normalized spacial score (nSPS) is 17.5. The predicted molar refractivity (Wildman–Crippen MR) is 53.3 cm³/mol. The molecule has 0 fully saturated rings. The molecule has 0 aromatic rings. The summed E-state index contributed by atoms with van der Waals surface area (Å²) >= 11 is 0. The molecule has 0 aliphatic rings. The third-order valence-electron chi connectivity index (χ3n) is 1.87. The number of alkyl halides is 4. The Morgan fingerprint density at radius 2 is 1.23 bits per heavy atom. The van der Waals surface area contributed by atoms with Crippen LogP contribution in [0, 0.1) is 0 Å². The number of hydrogen-bond donors (Lipinski definition) is 0. The van der Waals surface area contributed by atoms with E-state index in [2.05, 4.69) is 0 Å². The molecule has 0 saturated carbocycles. The van der Waals surface area contributed by atoms with E-state index in [1.54, 1.807) is 0 Å². The minimum atomic E-state index is -1.30. The molecule has 6 heteroatoms. The van der Waals surface area contributed by atoms with Gasteiger partial charge in [-0.05, 0) is 12.1 Å². The summed E-state index contributed by atoms with van der Waals surface area (Å²) in [5.74, 6) is 0. The second kappa shape index (κ2) is 8.74. The van der Waals surface area contributed by atoms with Crippen molar-refractivity contribution in [3.63, 3.8) is 0 Å². The Morgan fingerprint density at radius 1 is 0.846 bits per heavy atom. The fraction of sp³-hybridized carbons (Fsp3) is 1.00. The molecular weight excluding hydrogens is 216 g/mol. The topological polar surface area (TPSA) is 0 Å². The Bertz CT molecular complexity index is 103. The molecule has 0 amide bonds. The van der Waals surface area contributed by atoms with E-state index in [0.29, 0.717) is 12.1 Å². The summed E-state index contributed by atoms with van der Waals surface area (Å²) in [5.41, 5.74) is 0.918. The summed E-state index contributed by atoms with van der Waals surface area (Å²) in [4.78, 5) is 0. The molecule has 0 aliphatic heterocycles. The summed E-state index contributed by atoms with van der Waals surface area (Å²) in [6, 6.07) is 0.714. The number of hydrogen-bond acceptors (Lipinski definition) is 0. The molecule has 0 aliphatic carbocycles. The molecule has 0 saturated heterocycles. The van der Waals surface area contributed by atoms with Gasteiger partial charge < -0.3 is 0 Å². The van der Waals surface area contributed by atoms with Gasteiger partial charge in [-0.2, -0.15) is 0 Å². The summed E-state index contributed by atoms with van der Waals surface area (Å²) in [6.45, 7) is -1.80. The number of rotatable bonds is 8. The van der Waals surface area contributed by atoms with Crippen LogP contribution < -0.4 is 0 Å². The third kappa shape index (κ3) is 8.48. The van der Waals surface area contributed by atoms with Crippen LogP contribution in [0.2, 0.25) is 17.8 Å². The van der Waals surface area contributed by atoms with E-state index in [0.717, 1.165) is 5.67 Å². The first-order valence-corrected chi connectivity index (χ1v) is 8.60. The van der Waals surface area contributed by atoms with Crippen LogP contribution >= 0.6 is 0 Å². The Morgan fingerprint density at radius 3 is 1.54 bits per heavy atom. The largest absolute Gasteiger partial charge is 0.248 e. The summed E-state index contributed by atoms with van der Waals surface area (Å²) < 4.78 is 47.9. The van der Waals surface area contributed by atoms with Crippen LogP contribution in [0.5, 0.6) is 0 Å². The maximum Gasteiger partial charge on any atom is 0.125 e. The molecule has 0 rings (SSSR count). The van der Waals surface area contributed by atoms with Gasteiger partial charge in [0.2, 0.25) is 0 Å². The zero-order valence-electron chi connectivity index (χ0n) is 7.62. The zero-order valence-corrected chi connectivity index (χ0v) is 10.4. The van der Waals surface area contributed by atoms with Gasteiger partial charge in [0.1, 0.15) is 25.7 Å². The predicted octanol–water partition coefficient (Wildman–Crippen LogP) is 1.15. The Hall–Kier alpha value is 0.154. The first-order chi connectivity index (χ1) is 6.20. The van der Waals surface area contributed by atoms with Crippen LogP contribution in [0.15, 0.2) is 0 Å². The lowest BCUT2D eigenvalue weighted by Crippen LogP contribution is -2.11. The molecule has 0 N–H and O–H groups in total. The third-order valence-corrected chi connectivity index (χ3v) is 7.94. The lowest BCUT2D eigenvalue weighted by Gasteiger charge is -2.03. The van der Waals surface area contributed by atoms with Gasteiger partial charge in [-0.15, -0.1) is 0 Å². The van der Waals surface area contributed by atoms with Gasteiger partial charge in [-0.1, -0.05) is 5.67 Å². The molecule has 13 heavy (non-hydrogen) atoms. The van der Waals surface area contributed by atoms with Crippen molar-refractivity contribution in [3.8, 4) is 0 Å². The molecular formula is C7H16F4Si2. The Balaban J connectivity index is 3.08. The smallest absolute Gasteiger partial charge is 0.125 e. The van der Waals surface area contributed by atoms with E-state index < -0.39 is 44.7 Å². The van der Waals surface area contributed by atoms with Crippen LogP contribution in [0.1, 0.15) is 0 Å². The van der Waals surface area contributed by atoms with Crippen LogP contribution in [-0.4, -0.2) is 44.7 Å². The van der Waals surface area contributed by atoms with Gasteiger partial charge >= 0.3 is 0 Å². The molecule has 0 heterocycles. The van der Waals surface area contributed by atoms with Gasteiger partial charge in [0, 0.05) is 19.0 Å². The highest BCUT2D eigenvalue weighted by atomic mass is 28.3. The highest BCUT2D eigenvalue weighted by Gasteiger charge is 2.07. The van der Waals surface area contributed by atoms with Crippen molar-refractivity contribution in [1.82, 2.24) is 0 Å². The maximum absolute atomic E-state index is 12.3. The lowest BCUT2D eigenvalue weighted by atomic mass is 10.5. The van der Waals surface area contributed by atoms with Crippen LogP contribution in [0.3, 0.4) is 0 Å². The standard InChI is InChI=1S/C7H16F4Si2/c8-1-6(10)3-12-5-13-4-7(11)2-9/h6-7H,1-5,12-13H2. The minimum Gasteiger partial charge on any atom is -0.248 e. The average molecular weight is 232 g/mol. The molecule has 0 nitrogen and oxygen atoms in total. The molecule has 2 atom stereocenters.